The van der Waals surface area contributed by atoms with Crippen molar-refractivity contribution in [2.45, 2.75) is 4.90 Å². The van der Waals surface area contributed by atoms with Crippen molar-refractivity contribution in [2.24, 2.45) is 0 Å². The Bertz CT molecular complexity index is 992. The van der Waals surface area contributed by atoms with Crippen LogP contribution in [0.25, 0.3) is 10.9 Å². The number of carbonyl (C=O) groups is 1. The molecule has 0 saturated carbocycles. The van der Waals surface area contributed by atoms with Crippen LogP contribution >= 0.6 is 0 Å². The Hall–Kier alpha value is -2.87. The number of benzene rings is 2. The molecule has 0 spiro atoms. The van der Waals surface area contributed by atoms with Crippen LogP contribution in [0.4, 0.5) is 5.69 Å². The Balaban J connectivity index is 1.85. The summed E-state index contributed by atoms with van der Waals surface area (Å²) in [5, 5.41) is 7.58. The van der Waals surface area contributed by atoms with E-state index >= 15 is 0 Å². The molecule has 7 nitrogen and oxygen atoms in total. The SMILES string of the molecule is CN(C)C(=O)c1ccc(S(=O)(=O)Nc2ccc3cn[nH]c3c2)cc1. The van der Waals surface area contributed by atoms with Crippen LogP contribution in [-0.4, -0.2) is 43.5 Å². The molecule has 2 N–H and O–H groups in total. The molecule has 3 aromatic rings. The Kier molecular flexibility index (Phi) is 3.98. The van der Waals surface area contributed by atoms with E-state index in [4.69, 9.17) is 0 Å². The lowest BCUT2D eigenvalue weighted by atomic mass is 10.2. The van der Waals surface area contributed by atoms with Gasteiger partial charge in [0.1, 0.15) is 0 Å². The molecule has 0 aliphatic heterocycles. The van der Waals surface area contributed by atoms with Crippen LogP contribution in [0.1, 0.15) is 10.4 Å². The molecule has 1 heterocycles. The second kappa shape index (κ2) is 5.97. The molecular weight excluding hydrogens is 328 g/mol. The van der Waals surface area contributed by atoms with Crippen molar-refractivity contribution in [1.29, 1.82) is 0 Å². The highest BCUT2D eigenvalue weighted by atomic mass is 32.2. The van der Waals surface area contributed by atoms with Gasteiger partial charge >= 0.3 is 0 Å². The van der Waals surface area contributed by atoms with E-state index in [0.29, 0.717) is 11.3 Å². The molecule has 2 aromatic carbocycles. The molecule has 124 valence electrons. The molecule has 0 bridgehead atoms. The monoisotopic (exact) mass is 344 g/mol. The summed E-state index contributed by atoms with van der Waals surface area (Å²) in [6, 6.07) is 10.9. The van der Waals surface area contributed by atoms with Gasteiger partial charge in [-0.2, -0.15) is 5.10 Å². The number of nitrogens with one attached hydrogen (secondary N) is 2. The maximum Gasteiger partial charge on any atom is 0.261 e. The molecule has 0 radical (unpaired) electrons. The summed E-state index contributed by atoms with van der Waals surface area (Å²) >= 11 is 0. The van der Waals surface area contributed by atoms with Crippen molar-refractivity contribution >= 4 is 32.5 Å². The zero-order valence-corrected chi connectivity index (χ0v) is 14.0. The summed E-state index contributed by atoms with van der Waals surface area (Å²) in [6.45, 7) is 0. The molecule has 0 fully saturated rings. The quantitative estimate of drug-likeness (QED) is 0.757. The number of carbonyl (C=O) groups excluding carboxylic acids is 1. The van der Waals surface area contributed by atoms with Crippen molar-refractivity contribution in [2.75, 3.05) is 18.8 Å². The van der Waals surface area contributed by atoms with Gasteiger partial charge in [-0.15, -0.1) is 0 Å². The number of nitrogens with zero attached hydrogens (tertiary/aromatic N) is 2. The van der Waals surface area contributed by atoms with E-state index in [-0.39, 0.29) is 10.8 Å². The standard InChI is InChI=1S/C16H16N4O3S/c1-20(2)16(21)11-4-7-14(8-5-11)24(22,23)19-13-6-3-12-10-17-18-15(12)9-13/h3-10,19H,1-2H3,(H,17,18). The van der Waals surface area contributed by atoms with Crippen molar-refractivity contribution < 1.29 is 13.2 Å². The van der Waals surface area contributed by atoms with Gasteiger partial charge in [-0.3, -0.25) is 14.6 Å². The van der Waals surface area contributed by atoms with E-state index in [1.165, 1.54) is 29.2 Å². The molecule has 0 aliphatic carbocycles. The van der Waals surface area contributed by atoms with Gasteiger partial charge in [0, 0.05) is 25.0 Å². The number of amides is 1. The van der Waals surface area contributed by atoms with Crippen molar-refractivity contribution in [3.8, 4) is 0 Å². The van der Waals surface area contributed by atoms with Crippen LogP contribution in [0, 0.1) is 0 Å². The van der Waals surface area contributed by atoms with Crippen molar-refractivity contribution in [1.82, 2.24) is 15.1 Å². The number of fused-ring (bicyclic) bond motifs is 1. The molecule has 3 rings (SSSR count). The van der Waals surface area contributed by atoms with Gasteiger partial charge in [0.2, 0.25) is 0 Å². The number of rotatable bonds is 4. The molecule has 1 amide bonds. The van der Waals surface area contributed by atoms with Crippen LogP contribution in [-0.2, 0) is 10.0 Å². The zero-order valence-electron chi connectivity index (χ0n) is 13.1. The number of aromatic nitrogens is 2. The first-order valence-electron chi connectivity index (χ1n) is 7.14. The predicted molar refractivity (Wildman–Crippen MR) is 91.4 cm³/mol. The molecule has 0 atom stereocenters. The molecule has 1 aromatic heterocycles. The largest absolute Gasteiger partial charge is 0.345 e. The average Bonchev–Trinajstić information content (AvgIpc) is 3.01. The topological polar surface area (TPSA) is 95.2 Å². The lowest BCUT2D eigenvalue weighted by Gasteiger charge is -2.11. The fourth-order valence-corrected chi connectivity index (χ4v) is 3.30. The Labute approximate surface area is 139 Å². The van der Waals surface area contributed by atoms with Crippen LogP contribution < -0.4 is 4.72 Å². The molecule has 24 heavy (non-hydrogen) atoms. The predicted octanol–water partition coefficient (Wildman–Crippen LogP) is 2.07. The maximum atomic E-state index is 12.5. The van der Waals surface area contributed by atoms with Gasteiger partial charge in [-0.05, 0) is 42.5 Å². The molecule has 0 unspecified atom stereocenters. The van der Waals surface area contributed by atoms with Crippen LogP contribution in [0.15, 0.2) is 53.6 Å². The smallest absolute Gasteiger partial charge is 0.261 e. The third-order valence-corrected chi connectivity index (χ3v) is 4.91. The zero-order chi connectivity index (χ0) is 17.3. The van der Waals surface area contributed by atoms with E-state index in [1.807, 2.05) is 0 Å². The first-order chi connectivity index (χ1) is 11.4. The normalized spacial score (nSPS) is 11.4. The Morgan fingerprint density at radius 1 is 1.12 bits per heavy atom. The van der Waals surface area contributed by atoms with Gasteiger partial charge in [-0.1, -0.05) is 0 Å². The summed E-state index contributed by atoms with van der Waals surface area (Å²) < 4.78 is 27.4. The van der Waals surface area contributed by atoms with E-state index in [2.05, 4.69) is 14.9 Å². The number of anilines is 1. The minimum absolute atomic E-state index is 0.0857. The highest BCUT2D eigenvalue weighted by Gasteiger charge is 2.16. The highest BCUT2D eigenvalue weighted by Crippen LogP contribution is 2.20. The minimum Gasteiger partial charge on any atom is -0.345 e. The minimum atomic E-state index is -3.74. The fourth-order valence-electron chi connectivity index (χ4n) is 2.25. The average molecular weight is 344 g/mol. The van der Waals surface area contributed by atoms with Gasteiger partial charge in [0.05, 0.1) is 22.3 Å². The van der Waals surface area contributed by atoms with Crippen LogP contribution in [0.3, 0.4) is 0 Å². The summed E-state index contributed by atoms with van der Waals surface area (Å²) in [6.07, 6.45) is 1.66. The van der Waals surface area contributed by atoms with E-state index in [0.717, 1.165) is 10.9 Å². The van der Waals surface area contributed by atoms with Crippen molar-refractivity contribution in [3.63, 3.8) is 0 Å². The molecule has 8 heteroatoms. The van der Waals surface area contributed by atoms with E-state index < -0.39 is 10.0 Å². The number of hydrogen-bond donors (Lipinski definition) is 2. The summed E-state index contributed by atoms with van der Waals surface area (Å²) in [4.78, 5) is 13.4. The lowest BCUT2D eigenvalue weighted by Crippen LogP contribution is -2.21. The number of aromatic amines is 1. The van der Waals surface area contributed by atoms with Gasteiger partial charge in [0.15, 0.2) is 0 Å². The molecule has 0 aliphatic rings. The molecular formula is C16H16N4O3S. The maximum absolute atomic E-state index is 12.5. The van der Waals surface area contributed by atoms with Gasteiger partial charge in [-0.25, -0.2) is 8.42 Å². The molecule has 0 saturated heterocycles. The second-order valence-corrected chi connectivity index (χ2v) is 7.18. The van der Waals surface area contributed by atoms with E-state index in [9.17, 15) is 13.2 Å². The first kappa shape index (κ1) is 16.0. The fraction of sp³-hybridized carbons (Fsp3) is 0.125. The van der Waals surface area contributed by atoms with Gasteiger partial charge < -0.3 is 4.90 Å². The Morgan fingerprint density at radius 3 is 2.50 bits per heavy atom. The van der Waals surface area contributed by atoms with Crippen LogP contribution in [0.5, 0.6) is 0 Å². The van der Waals surface area contributed by atoms with E-state index in [1.54, 1.807) is 38.5 Å². The number of H-pyrrole nitrogens is 1. The Morgan fingerprint density at radius 2 is 1.83 bits per heavy atom. The van der Waals surface area contributed by atoms with Gasteiger partial charge in [0.25, 0.3) is 15.9 Å². The third kappa shape index (κ3) is 3.09. The summed E-state index contributed by atoms with van der Waals surface area (Å²) in [7, 11) is -0.459. The highest BCUT2D eigenvalue weighted by molar-refractivity contribution is 7.92. The summed E-state index contributed by atoms with van der Waals surface area (Å²) in [5.74, 6) is -0.184. The lowest BCUT2D eigenvalue weighted by molar-refractivity contribution is 0.0827. The third-order valence-electron chi connectivity index (χ3n) is 3.51. The second-order valence-electron chi connectivity index (χ2n) is 5.50. The van der Waals surface area contributed by atoms with Crippen molar-refractivity contribution in [3.05, 3.63) is 54.2 Å². The first-order valence-corrected chi connectivity index (χ1v) is 8.63. The summed E-state index contributed by atoms with van der Waals surface area (Å²) in [5.41, 5.74) is 1.60. The van der Waals surface area contributed by atoms with Crippen LogP contribution in [0.2, 0.25) is 0 Å². The number of hydrogen-bond acceptors (Lipinski definition) is 4. The number of sulfonamides is 1.